The Morgan fingerprint density at radius 2 is 1.93 bits per heavy atom. The van der Waals surface area contributed by atoms with Gasteiger partial charge in [-0.25, -0.2) is 4.98 Å². The van der Waals surface area contributed by atoms with Gasteiger partial charge in [0.1, 0.15) is 11.5 Å². The molecule has 0 radical (unpaired) electrons. The first-order valence-corrected chi connectivity index (χ1v) is 4.79. The summed E-state index contributed by atoms with van der Waals surface area (Å²) in [5.74, 6) is 0.966. The van der Waals surface area contributed by atoms with E-state index in [-0.39, 0.29) is 11.2 Å². The second-order valence-corrected chi connectivity index (χ2v) is 4.43. The van der Waals surface area contributed by atoms with Crippen LogP contribution in [0.1, 0.15) is 44.0 Å². The zero-order chi connectivity index (χ0) is 11.6. The molecule has 1 aromatic rings. The Hall–Kier alpha value is -1.45. The molecule has 82 valence electrons. The topological polar surface area (TPSA) is 52.1 Å². The number of Topliss-reactive ketones (excluding diaryl/α,β-unsaturated/α-hetero) is 1. The van der Waals surface area contributed by atoms with Gasteiger partial charge in [-0.1, -0.05) is 20.8 Å². The lowest BCUT2D eigenvalue weighted by Crippen LogP contribution is -2.18. The van der Waals surface area contributed by atoms with Crippen molar-refractivity contribution in [2.75, 3.05) is 7.11 Å². The standard InChI is InChI=1S/C11H16N2O2/c1-7(14)8-6-9(15-5)13-10(12-8)11(2,3)4/h6H,1-5H3. The van der Waals surface area contributed by atoms with E-state index in [0.29, 0.717) is 17.4 Å². The summed E-state index contributed by atoms with van der Waals surface area (Å²) >= 11 is 0. The van der Waals surface area contributed by atoms with Crippen molar-refractivity contribution in [1.82, 2.24) is 9.97 Å². The van der Waals surface area contributed by atoms with Gasteiger partial charge in [0.25, 0.3) is 0 Å². The molecule has 0 unspecified atom stereocenters. The van der Waals surface area contributed by atoms with Crippen LogP contribution in [0.3, 0.4) is 0 Å². The highest BCUT2D eigenvalue weighted by molar-refractivity contribution is 5.92. The van der Waals surface area contributed by atoms with E-state index in [2.05, 4.69) is 9.97 Å². The Kier molecular flexibility index (Phi) is 3.07. The molecule has 1 rings (SSSR count). The molecule has 15 heavy (non-hydrogen) atoms. The molecule has 0 spiro atoms. The summed E-state index contributed by atoms with van der Waals surface area (Å²) in [6.07, 6.45) is 0. The second-order valence-electron chi connectivity index (χ2n) is 4.43. The number of hydrogen-bond donors (Lipinski definition) is 0. The van der Waals surface area contributed by atoms with Gasteiger partial charge >= 0.3 is 0 Å². The molecule has 1 heterocycles. The third kappa shape index (κ3) is 2.75. The van der Waals surface area contributed by atoms with Crippen molar-refractivity contribution in [2.24, 2.45) is 0 Å². The normalized spacial score (nSPS) is 11.3. The lowest BCUT2D eigenvalue weighted by Gasteiger charge is -2.17. The molecule has 0 aliphatic heterocycles. The molecule has 0 saturated heterocycles. The molecule has 0 saturated carbocycles. The third-order valence-corrected chi connectivity index (χ3v) is 1.94. The van der Waals surface area contributed by atoms with Crippen LogP contribution in [0, 0.1) is 0 Å². The summed E-state index contributed by atoms with van der Waals surface area (Å²) in [6, 6.07) is 1.55. The Morgan fingerprint density at radius 1 is 1.33 bits per heavy atom. The maximum atomic E-state index is 11.2. The molecule has 0 atom stereocenters. The van der Waals surface area contributed by atoms with Crippen LogP contribution in [0.15, 0.2) is 6.07 Å². The summed E-state index contributed by atoms with van der Waals surface area (Å²) in [5, 5.41) is 0. The van der Waals surface area contributed by atoms with Crippen molar-refractivity contribution < 1.29 is 9.53 Å². The van der Waals surface area contributed by atoms with Crippen molar-refractivity contribution in [3.05, 3.63) is 17.6 Å². The zero-order valence-corrected chi connectivity index (χ0v) is 9.79. The van der Waals surface area contributed by atoms with Gasteiger partial charge in [-0.15, -0.1) is 0 Å². The van der Waals surface area contributed by atoms with Crippen LogP contribution in [0.5, 0.6) is 5.88 Å². The number of carbonyl (C=O) groups excluding carboxylic acids is 1. The minimum absolute atomic E-state index is 0.0822. The van der Waals surface area contributed by atoms with Crippen molar-refractivity contribution in [2.45, 2.75) is 33.1 Å². The predicted molar refractivity (Wildman–Crippen MR) is 57.3 cm³/mol. The van der Waals surface area contributed by atoms with Gasteiger partial charge in [0.05, 0.1) is 7.11 Å². The number of nitrogens with zero attached hydrogens (tertiary/aromatic N) is 2. The summed E-state index contributed by atoms with van der Waals surface area (Å²) in [4.78, 5) is 19.7. The van der Waals surface area contributed by atoms with E-state index in [1.807, 2.05) is 20.8 Å². The molecule has 4 heteroatoms. The number of ketones is 1. The number of aromatic nitrogens is 2. The van der Waals surface area contributed by atoms with Crippen LogP contribution < -0.4 is 4.74 Å². The highest BCUT2D eigenvalue weighted by Crippen LogP contribution is 2.21. The highest BCUT2D eigenvalue weighted by atomic mass is 16.5. The van der Waals surface area contributed by atoms with Crippen molar-refractivity contribution in [3.8, 4) is 5.88 Å². The molecule has 0 bridgehead atoms. The van der Waals surface area contributed by atoms with E-state index in [1.54, 1.807) is 6.07 Å². The molecule has 0 fully saturated rings. The van der Waals surface area contributed by atoms with Crippen LogP contribution in [0.4, 0.5) is 0 Å². The molecule has 0 aromatic carbocycles. The minimum atomic E-state index is -0.196. The van der Waals surface area contributed by atoms with Crippen LogP contribution >= 0.6 is 0 Å². The summed E-state index contributed by atoms with van der Waals surface area (Å²) in [6.45, 7) is 7.46. The summed E-state index contributed by atoms with van der Waals surface area (Å²) in [5.41, 5.74) is 0.199. The van der Waals surface area contributed by atoms with Gasteiger partial charge in [0, 0.05) is 18.4 Å². The zero-order valence-electron chi connectivity index (χ0n) is 9.79. The van der Waals surface area contributed by atoms with Gasteiger partial charge in [-0.3, -0.25) is 4.79 Å². The van der Waals surface area contributed by atoms with E-state index in [9.17, 15) is 4.79 Å². The fourth-order valence-electron chi connectivity index (χ4n) is 1.05. The predicted octanol–water partition coefficient (Wildman–Crippen LogP) is 1.99. The average molecular weight is 208 g/mol. The third-order valence-electron chi connectivity index (χ3n) is 1.94. The van der Waals surface area contributed by atoms with E-state index in [4.69, 9.17) is 4.74 Å². The largest absolute Gasteiger partial charge is 0.481 e. The number of rotatable bonds is 2. The molecule has 1 aromatic heterocycles. The molecule has 0 N–H and O–H groups in total. The first kappa shape index (κ1) is 11.6. The van der Waals surface area contributed by atoms with Crippen LogP contribution in [0.2, 0.25) is 0 Å². The first-order valence-electron chi connectivity index (χ1n) is 4.79. The van der Waals surface area contributed by atoms with E-state index in [1.165, 1.54) is 14.0 Å². The van der Waals surface area contributed by atoms with Crippen molar-refractivity contribution >= 4 is 5.78 Å². The van der Waals surface area contributed by atoms with E-state index < -0.39 is 0 Å². The van der Waals surface area contributed by atoms with Gasteiger partial charge in [0.2, 0.25) is 5.88 Å². The Labute approximate surface area is 89.7 Å². The van der Waals surface area contributed by atoms with E-state index in [0.717, 1.165) is 0 Å². The van der Waals surface area contributed by atoms with Crippen molar-refractivity contribution in [1.29, 1.82) is 0 Å². The lowest BCUT2D eigenvalue weighted by molar-refractivity contribution is 0.101. The van der Waals surface area contributed by atoms with Crippen molar-refractivity contribution in [3.63, 3.8) is 0 Å². The molecular formula is C11H16N2O2. The monoisotopic (exact) mass is 208 g/mol. The quantitative estimate of drug-likeness (QED) is 0.697. The number of hydrogen-bond acceptors (Lipinski definition) is 4. The van der Waals surface area contributed by atoms with Gasteiger partial charge in [0.15, 0.2) is 5.78 Å². The van der Waals surface area contributed by atoms with Gasteiger partial charge < -0.3 is 4.74 Å². The molecule has 0 aliphatic carbocycles. The SMILES string of the molecule is COc1cc(C(C)=O)nc(C(C)(C)C)n1. The van der Waals surface area contributed by atoms with Gasteiger partial charge in [-0.05, 0) is 0 Å². The first-order chi connectivity index (χ1) is 6.84. The van der Waals surface area contributed by atoms with Gasteiger partial charge in [-0.2, -0.15) is 4.98 Å². The molecular weight excluding hydrogens is 192 g/mol. The smallest absolute Gasteiger partial charge is 0.217 e. The Bertz CT molecular complexity index is 381. The number of ether oxygens (including phenoxy) is 1. The highest BCUT2D eigenvalue weighted by Gasteiger charge is 2.20. The number of methoxy groups -OCH3 is 1. The Balaban J connectivity index is 3.30. The lowest BCUT2D eigenvalue weighted by atomic mass is 9.95. The Morgan fingerprint density at radius 3 is 2.33 bits per heavy atom. The molecule has 4 nitrogen and oxygen atoms in total. The second kappa shape index (κ2) is 3.96. The molecule has 0 aliphatic rings. The maximum absolute atomic E-state index is 11.2. The van der Waals surface area contributed by atoms with E-state index >= 15 is 0 Å². The van der Waals surface area contributed by atoms with Crippen LogP contribution in [-0.4, -0.2) is 22.9 Å². The molecule has 0 amide bonds. The summed E-state index contributed by atoms with van der Waals surface area (Å²) < 4.78 is 5.04. The average Bonchev–Trinajstić information content (AvgIpc) is 2.15. The number of carbonyl (C=O) groups is 1. The van der Waals surface area contributed by atoms with Crippen LogP contribution in [0.25, 0.3) is 0 Å². The summed E-state index contributed by atoms with van der Waals surface area (Å²) in [7, 11) is 1.53. The fourth-order valence-corrected chi connectivity index (χ4v) is 1.05. The fraction of sp³-hybridized carbons (Fsp3) is 0.545. The minimum Gasteiger partial charge on any atom is -0.481 e. The van der Waals surface area contributed by atoms with Crippen LogP contribution in [-0.2, 0) is 5.41 Å². The maximum Gasteiger partial charge on any atom is 0.217 e.